The van der Waals surface area contributed by atoms with E-state index >= 15 is 0 Å². The zero-order chi connectivity index (χ0) is 11.3. The van der Waals surface area contributed by atoms with Gasteiger partial charge in [-0.05, 0) is 0 Å². The molecule has 90 valence electrons. The SMILES string of the molecule is C1=CC=CC=CC=C1.C1=CC=CC=CC=C1.[Ni]. The number of allylic oxidation sites excluding steroid dienone is 16. The summed E-state index contributed by atoms with van der Waals surface area (Å²) in [6.45, 7) is 0. The Balaban J connectivity index is 0.000000284. The topological polar surface area (TPSA) is 0 Å². The van der Waals surface area contributed by atoms with Crippen molar-refractivity contribution >= 4 is 0 Å². The van der Waals surface area contributed by atoms with Gasteiger partial charge >= 0.3 is 0 Å². The monoisotopic (exact) mass is 266 g/mol. The Morgan fingerprint density at radius 1 is 0.176 bits per heavy atom. The van der Waals surface area contributed by atoms with Crippen molar-refractivity contribution in [2.75, 3.05) is 0 Å². The average molecular weight is 267 g/mol. The maximum absolute atomic E-state index is 2.00. The molecule has 0 aromatic rings. The molecule has 0 nitrogen and oxygen atoms in total. The zero-order valence-electron chi connectivity index (χ0n) is 9.55. The molecule has 0 N–H and O–H groups in total. The Morgan fingerprint density at radius 2 is 0.235 bits per heavy atom. The Hall–Kier alpha value is -1.59. The van der Waals surface area contributed by atoms with E-state index in [1.54, 1.807) is 0 Å². The van der Waals surface area contributed by atoms with Gasteiger partial charge in [0.05, 0.1) is 0 Å². The van der Waals surface area contributed by atoms with Crippen molar-refractivity contribution in [3.05, 3.63) is 97.2 Å². The molecule has 0 spiro atoms. The molecule has 0 unspecified atom stereocenters. The van der Waals surface area contributed by atoms with E-state index in [0.717, 1.165) is 0 Å². The minimum atomic E-state index is 0. The van der Waals surface area contributed by atoms with Gasteiger partial charge in [0.25, 0.3) is 0 Å². The molecule has 0 aliphatic heterocycles. The van der Waals surface area contributed by atoms with Gasteiger partial charge in [-0.2, -0.15) is 0 Å². The van der Waals surface area contributed by atoms with Crippen molar-refractivity contribution in [3.63, 3.8) is 0 Å². The van der Waals surface area contributed by atoms with Crippen LogP contribution in [0.4, 0.5) is 0 Å². The molecule has 0 heterocycles. The van der Waals surface area contributed by atoms with Crippen LogP contribution in [0.2, 0.25) is 0 Å². The van der Waals surface area contributed by atoms with Gasteiger partial charge in [0, 0.05) is 16.5 Å². The van der Waals surface area contributed by atoms with Crippen LogP contribution in [0.25, 0.3) is 0 Å². The van der Waals surface area contributed by atoms with E-state index in [1.165, 1.54) is 0 Å². The van der Waals surface area contributed by atoms with Crippen molar-refractivity contribution in [2.24, 2.45) is 0 Å². The van der Waals surface area contributed by atoms with E-state index < -0.39 is 0 Å². The molecule has 0 saturated heterocycles. The molecule has 0 aromatic heterocycles. The van der Waals surface area contributed by atoms with Gasteiger partial charge < -0.3 is 0 Å². The second-order valence-corrected chi connectivity index (χ2v) is 3.08. The molecular weight excluding hydrogens is 251 g/mol. The second-order valence-electron chi connectivity index (χ2n) is 3.08. The molecule has 2 rings (SSSR count). The summed E-state index contributed by atoms with van der Waals surface area (Å²) in [5.74, 6) is 0. The van der Waals surface area contributed by atoms with Crippen LogP contribution in [0.1, 0.15) is 0 Å². The second kappa shape index (κ2) is 12.5. The predicted molar refractivity (Wildman–Crippen MR) is 73.1 cm³/mol. The minimum Gasteiger partial charge on any atom is -0.0623 e. The Labute approximate surface area is 114 Å². The third-order valence-corrected chi connectivity index (χ3v) is 1.78. The summed E-state index contributed by atoms with van der Waals surface area (Å²) in [4.78, 5) is 0. The molecule has 0 bridgehead atoms. The van der Waals surface area contributed by atoms with Crippen LogP contribution < -0.4 is 0 Å². The fourth-order valence-electron chi connectivity index (χ4n) is 1.03. The molecule has 0 aromatic carbocycles. The number of hydrogen-bond donors (Lipinski definition) is 0. The summed E-state index contributed by atoms with van der Waals surface area (Å²) in [5, 5.41) is 0. The molecule has 0 amide bonds. The summed E-state index contributed by atoms with van der Waals surface area (Å²) in [7, 11) is 0. The smallest absolute Gasteiger partial charge is 0 e. The molecule has 0 radical (unpaired) electrons. The van der Waals surface area contributed by atoms with Gasteiger partial charge in [0.15, 0.2) is 0 Å². The van der Waals surface area contributed by atoms with Crippen LogP contribution in [-0.4, -0.2) is 0 Å². The maximum atomic E-state index is 2.00. The van der Waals surface area contributed by atoms with E-state index in [2.05, 4.69) is 0 Å². The molecule has 0 fully saturated rings. The van der Waals surface area contributed by atoms with Crippen LogP contribution in [0.5, 0.6) is 0 Å². The molecule has 2 aliphatic rings. The van der Waals surface area contributed by atoms with E-state index in [4.69, 9.17) is 0 Å². The Morgan fingerprint density at radius 3 is 0.294 bits per heavy atom. The summed E-state index contributed by atoms with van der Waals surface area (Å²) in [6, 6.07) is 0. The van der Waals surface area contributed by atoms with Gasteiger partial charge in [-0.1, -0.05) is 97.2 Å². The van der Waals surface area contributed by atoms with Crippen LogP contribution in [0.3, 0.4) is 0 Å². The van der Waals surface area contributed by atoms with Gasteiger partial charge in [0.1, 0.15) is 0 Å². The van der Waals surface area contributed by atoms with E-state index in [9.17, 15) is 0 Å². The summed E-state index contributed by atoms with van der Waals surface area (Å²) in [5.41, 5.74) is 0. The van der Waals surface area contributed by atoms with Gasteiger partial charge in [0.2, 0.25) is 0 Å². The van der Waals surface area contributed by atoms with Crippen molar-refractivity contribution in [2.45, 2.75) is 0 Å². The van der Waals surface area contributed by atoms with Crippen molar-refractivity contribution in [3.8, 4) is 0 Å². The largest absolute Gasteiger partial charge is 0.0623 e. The minimum absolute atomic E-state index is 0. The first-order valence-corrected chi connectivity index (χ1v) is 5.33. The average Bonchev–Trinajstić information content (AvgIpc) is 2.15. The van der Waals surface area contributed by atoms with Crippen LogP contribution in [0, 0.1) is 0 Å². The van der Waals surface area contributed by atoms with Gasteiger partial charge in [-0.25, -0.2) is 0 Å². The summed E-state index contributed by atoms with van der Waals surface area (Å²) < 4.78 is 0. The Kier molecular flexibility index (Phi) is 11.3. The van der Waals surface area contributed by atoms with Crippen LogP contribution >= 0.6 is 0 Å². The van der Waals surface area contributed by atoms with E-state index in [1.807, 2.05) is 97.2 Å². The third kappa shape index (κ3) is 10.7. The number of rotatable bonds is 0. The van der Waals surface area contributed by atoms with E-state index in [0.29, 0.717) is 0 Å². The molecular formula is C16H16Ni. The first-order valence-electron chi connectivity index (χ1n) is 5.33. The van der Waals surface area contributed by atoms with Gasteiger partial charge in [-0.15, -0.1) is 0 Å². The summed E-state index contributed by atoms with van der Waals surface area (Å²) in [6.07, 6.45) is 32.0. The standard InChI is InChI=1S/2C8H8.Ni/c2*1-2-4-6-8-7-5-3-1;/h2*1-8H;. The van der Waals surface area contributed by atoms with Crippen LogP contribution in [0.15, 0.2) is 97.2 Å². The number of hydrogen-bond acceptors (Lipinski definition) is 0. The van der Waals surface area contributed by atoms with Crippen molar-refractivity contribution < 1.29 is 16.5 Å². The quantitative estimate of drug-likeness (QED) is 0.569. The van der Waals surface area contributed by atoms with Crippen LogP contribution in [-0.2, 0) is 16.5 Å². The molecule has 0 saturated carbocycles. The third-order valence-electron chi connectivity index (χ3n) is 1.78. The fraction of sp³-hybridized carbons (Fsp3) is 0. The maximum Gasteiger partial charge on any atom is 0 e. The first-order chi connectivity index (χ1) is 8.00. The molecule has 17 heavy (non-hydrogen) atoms. The van der Waals surface area contributed by atoms with Crippen molar-refractivity contribution in [1.82, 2.24) is 0 Å². The predicted octanol–water partition coefficient (Wildman–Crippen LogP) is 4.45. The molecule has 1 heteroatoms. The van der Waals surface area contributed by atoms with E-state index in [-0.39, 0.29) is 16.5 Å². The van der Waals surface area contributed by atoms with Crippen molar-refractivity contribution in [1.29, 1.82) is 0 Å². The fourth-order valence-corrected chi connectivity index (χ4v) is 1.03. The normalized spacial score (nSPS) is 15.1. The molecule has 2 aliphatic carbocycles. The molecule has 0 atom stereocenters. The summed E-state index contributed by atoms with van der Waals surface area (Å²) >= 11 is 0. The Bertz CT molecular complexity index is 247. The van der Waals surface area contributed by atoms with Gasteiger partial charge in [-0.3, -0.25) is 0 Å². The first kappa shape index (κ1) is 15.4. The zero-order valence-corrected chi connectivity index (χ0v) is 10.5.